The van der Waals surface area contributed by atoms with Crippen LogP contribution < -0.4 is 27.0 Å². The second kappa shape index (κ2) is 35.7. The van der Waals surface area contributed by atoms with E-state index >= 15 is 9.59 Å². The standard InChI is InChI=1S/C63H114N12O12/c1-25-27-28-40(15)52(76)51-56(80)67-43(26-2)58(82)69(18)44(29-30-64)59(83)73(22)49(38(11)12)55(79)68-48(37(9)10)62(86)70(19)45(31-34(3)4)54(78)65-41(16)53(77)66-42(17)57(81)71(20)46(32-35(5)6)60(84)72(21)47(33-36(7)8)61(85)74(23)50(39(13)14)63(87)75(51)24/h25,27,34-52,76H,26,28-33,64H2,1-24H3,(H,65,78)(H,66,77)(H,67,80)(H,68,79)/b27-25+/t40-,41+,42-,43+,44-,45+,46+,47+,48+,49+,50+,51+,52-/m1/s1. The van der Waals surface area contributed by atoms with Gasteiger partial charge in [-0.2, -0.15) is 0 Å². The molecule has 87 heavy (non-hydrogen) atoms. The fourth-order valence-electron chi connectivity index (χ4n) is 11.3. The molecule has 24 nitrogen and oxygen atoms in total. The molecule has 0 aromatic heterocycles. The van der Waals surface area contributed by atoms with Crippen molar-refractivity contribution >= 4 is 65.0 Å². The lowest BCUT2D eigenvalue weighted by Crippen LogP contribution is -2.64. The van der Waals surface area contributed by atoms with Gasteiger partial charge in [0.05, 0.1) is 6.10 Å². The van der Waals surface area contributed by atoms with E-state index in [1.807, 2.05) is 41.5 Å². The lowest BCUT2D eigenvalue weighted by atomic mass is 9.91. The number of hydrogen-bond acceptors (Lipinski definition) is 13. The number of carbonyl (C=O) groups is 11. The first-order chi connectivity index (χ1) is 40.2. The number of nitrogens with two attached hydrogens (primary N) is 1. The van der Waals surface area contributed by atoms with Gasteiger partial charge in [-0.15, -0.1) is 0 Å². The molecule has 0 spiro atoms. The van der Waals surface area contributed by atoms with E-state index < -0.39 is 161 Å². The van der Waals surface area contributed by atoms with Gasteiger partial charge in [-0.1, -0.05) is 109 Å². The number of aliphatic hydroxyl groups excluding tert-OH is 1. The molecule has 24 heteroatoms. The van der Waals surface area contributed by atoms with Crippen molar-refractivity contribution in [2.45, 2.75) is 229 Å². The lowest BCUT2D eigenvalue weighted by Gasteiger charge is -2.41. The molecule has 11 amide bonds. The molecule has 0 radical (unpaired) electrons. The Balaban J connectivity index is 4.43. The highest BCUT2D eigenvalue weighted by Gasteiger charge is 2.46. The Kier molecular flexibility index (Phi) is 32.4. The van der Waals surface area contributed by atoms with Crippen LogP contribution in [-0.4, -0.2) is 233 Å². The molecule has 0 aliphatic carbocycles. The van der Waals surface area contributed by atoms with Crippen LogP contribution in [-0.2, 0) is 52.7 Å². The second-order valence-corrected chi connectivity index (χ2v) is 26.4. The van der Waals surface area contributed by atoms with Crippen molar-refractivity contribution in [3.8, 4) is 0 Å². The third kappa shape index (κ3) is 21.3. The molecule has 1 heterocycles. The van der Waals surface area contributed by atoms with E-state index in [1.165, 1.54) is 87.7 Å². The number of nitrogens with one attached hydrogen (secondary N) is 4. The van der Waals surface area contributed by atoms with Crippen LogP contribution in [0.5, 0.6) is 0 Å². The topological polar surface area (TPSA) is 305 Å². The molecule has 1 rings (SSSR count). The molecule has 1 saturated heterocycles. The van der Waals surface area contributed by atoms with E-state index in [4.69, 9.17) is 5.73 Å². The van der Waals surface area contributed by atoms with Crippen LogP contribution in [0, 0.1) is 41.4 Å². The first-order valence-corrected chi connectivity index (χ1v) is 31.3. The maximum atomic E-state index is 15.2. The predicted molar refractivity (Wildman–Crippen MR) is 336 cm³/mol. The summed E-state index contributed by atoms with van der Waals surface area (Å²) in [7, 11) is 9.89. The summed E-state index contributed by atoms with van der Waals surface area (Å²) >= 11 is 0. The summed E-state index contributed by atoms with van der Waals surface area (Å²) < 4.78 is 0. The fourth-order valence-corrected chi connectivity index (χ4v) is 11.3. The number of nitrogens with zero attached hydrogens (tertiary/aromatic N) is 7. The molecule has 0 unspecified atom stereocenters. The zero-order valence-electron chi connectivity index (χ0n) is 57.2. The molecule has 1 aliphatic heterocycles. The molecule has 0 aromatic carbocycles. The zero-order chi connectivity index (χ0) is 67.6. The highest BCUT2D eigenvalue weighted by atomic mass is 16.3. The highest BCUT2D eigenvalue weighted by Crippen LogP contribution is 2.26. The molecule has 7 N–H and O–H groups in total. The van der Waals surface area contributed by atoms with Crippen LogP contribution in [0.25, 0.3) is 0 Å². The Morgan fingerprint density at radius 3 is 1.30 bits per heavy atom. The summed E-state index contributed by atoms with van der Waals surface area (Å²) in [6, 6.07) is -13.9. The Bertz CT molecular complexity index is 2380. The van der Waals surface area contributed by atoms with E-state index in [0.717, 1.165) is 9.80 Å². The van der Waals surface area contributed by atoms with Gasteiger partial charge in [-0.3, -0.25) is 52.7 Å². The molecular formula is C63H114N12O12. The van der Waals surface area contributed by atoms with Gasteiger partial charge in [0.25, 0.3) is 0 Å². The summed E-state index contributed by atoms with van der Waals surface area (Å²) in [4.78, 5) is 170. The normalized spacial score (nSPS) is 27.4. The number of carbonyl (C=O) groups excluding carboxylic acids is 11. The van der Waals surface area contributed by atoms with E-state index in [9.17, 15) is 48.3 Å². The van der Waals surface area contributed by atoms with Crippen LogP contribution in [0.4, 0.5) is 0 Å². The Morgan fingerprint density at radius 2 is 0.851 bits per heavy atom. The van der Waals surface area contributed by atoms with Gasteiger partial charge < -0.3 is 66.4 Å². The minimum absolute atomic E-state index is 0.0109. The largest absolute Gasteiger partial charge is 0.390 e. The summed E-state index contributed by atoms with van der Waals surface area (Å²) in [5, 5.41) is 23.2. The molecule has 0 aromatic rings. The summed E-state index contributed by atoms with van der Waals surface area (Å²) in [5.74, 6) is -10.4. The minimum atomic E-state index is -1.64. The average Bonchev–Trinajstić information content (AvgIpc) is 1.17. The van der Waals surface area contributed by atoms with Gasteiger partial charge >= 0.3 is 0 Å². The summed E-state index contributed by atoms with van der Waals surface area (Å²) in [6.07, 6.45) is 2.71. The van der Waals surface area contributed by atoms with E-state index in [0.29, 0.717) is 6.42 Å². The quantitative estimate of drug-likeness (QED) is 0.121. The Morgan fingerprint density at radius 1 is 0.448 bits per heavy atom. The first kappa shape index (κ1) is 78.8. The van der Waals surface area contributed by atoms with Crippen molar-refractivity contribution in [1.29, 1.82) is 0 Å². The maximum absolute atomic E-state index is 15.2. The van der Waals surface area contributed by atoms with Crippen molar-refractivity contribution in [2.75, 3.05) is 55.9 Å². The SMILES string of the molecule is C/C=C/C[C@@H](C)[C@@H](O)[C@H]1C(=O)N[C@@H](CC)C(=O)N(C)[C@H](CCN)C(=O)N(C)[C@@H](C(C)C)C(=O)N[C@@H](C(C)C)C(=O)N(C)[C@@H](CC(C)C)C(=O)N[C@@H](C)C(=O)N[C@H](C)C(=O)N(C)[C@@H](CC(C)C)C(=O)N(C)[C@@H](CC(C)C)C(=O)N(C)[C@@H](C(C)C)C(=O)N1C. The molecule has 1 aliphatic rings. The minimum Gasteiger partial charge on any atom is -0.390 e. The van der Waals surface area contributed by atoms with Crippen molar-refractivity contribution in [3.05, 3.63) is 12.2 Å². The predicted octanol–water partition coefficient (Wildman–Crippen LogP) is 2.60. The van der Waals surface area contributed by atoms with E-state index in [2.05, 4.69) is 21.3 Å². The second-order valence-electron chi connectivity index (χ2n) is 26.4. The summed E-state index contributed by atoms with van der Waals surface area (Å²) in [6.45, 7) is 29.4. The zero-order valence-corrected chi connectivity index (χ0v) is 57.2. The van der Waals surface area contributed by atoms with Gasteiger partial charge in [0.15, 0.2) is 0 Å². The molecule has 498 valence electrons. The Hall–Kier alpha value is -6.17. The van der Waals surface area contributed by atoms with Gasteiger partial charge in [0, 0.05) is 49.3 Å². The van der Waals surface area contributed by atoms with Crippen LogP contribution in [0.15, 0.2) is 12.2 Å². The van der Waals surface area contributed by atoms with Gasteiger partial charge in [0.2, 0.25) is 65.0 Å². The van der Waals surface area contributed by atoms with Gasteiger partial charge in [-0.05, 0) is 107 Å². The third-order valence-electron chi connectivity index (χ3n) is 16.7. The van der Waals surface area contributed by atoms with Crippen LogP contribution >= 0.6 is 0 Å². The van der Waals surface area contributed by atoms with Crippen molar-refractivity contribution in [3.63, 3.8) is 0 Å². The lowest BCUT2D eigenvalue weighted by molar-refractivity contribution is -0.157. The molecule has 0 bridgehead atoms. The monoisotopic (exact) mass is 1230 g/mol. The number of aliphatic hydroxyl groups is 1. The van der Waals surface area contributed by atoms with Crippen molar-refractivity contribution in [2.24, 2.45) is 47.2 Å². The smallest absolute Gasteiger partial charge is 0.246 e. The van der Waals surface area contributed by atoms with Crippen LogP contribution in [0.3, 0.4) is 0 Å². The molecule has 0 saturated carbocycles. The molecule has 1 fully saturated rings. The van der Waals surface area contributed by atoms with Crippen LogP contribution in [0.1, 0.15) is 156 Å². The summed E-state index contributed by atoms with van der Waals surface area (Å²) in [5.41, 5.74) is 6.10. The number of amides is 11. The third-order valence-corrected chi connectivity index (χ3v) is 16.7. The molecular weight excluding hydrogens is 1120 g/mol. The molecule has 13 atom stereocenters. The average molecular weight is 1230 g/mol. The van der Waals surface area contributed by atoms with Crippen molar-refractivity contribution < 1.29 is 57.8 Å². The van der Waals surface area contributed by atoms with E-state index in [1.54, 1.807) is 74.5 Å². The van der Waals surface area contributed by atoms with Crippen LogP contribution in [0.2, 0.25) is 0 Å². The number of likely N-dealkylation sites (N-methyl/N-ethyl adjacent to an activating group) is 7. The number of rotatable bonds is 16. The Labute approximate surface area is 520 Å². The maximum Gasteiger partial charge on any atom is 0.246 e. The van der Waals surface area contributed by atoms with E-state index in [-0.39, 0.29) is 56.4 Å². The number of allylic oxidation sites excluding steroid dienone is 2. The first-order valence-electron chi connectivity index (χ1n) is 31.3. The van der Waals surface area contributed by atoms with Gasteiger partial charge in [0.1, 0.15) is 66.5 Å². The fraction of sp³-hybridized carbons (Fsp3) is 0.794. The number of hydrogen-bond donors (Lipinski definition) is 6. The highest BCUT2D eigenvalue weighted by molar-refractivity contribution is 6.00. The van der Waals surface area contributed by atoms with Crippen molar-refractivity contribution in [1.82, 2.24) is 55.6 Å². The van der Waals surface area contributed by atoms with Gasteiger partial charge in [-0.25, -0.2) is 0 Å².